The Kier molecular flexibility index (Phi) is 3.61. The second kappa shape index (κ2) is 5.96. The van der Waals surface area contributed by atoms with Gasteiger partial charge in [0.2, 0.25) is 0 Å². The van der Waals surface area contributed by atoms with Crippen LogP contribution < -0.4 is 10.9 Å². The van der Waals surface area contributed by atoms with E-state index in [4.69, 9.17) is 0 Å². The lowest BCUT2D eigenvalue weighted by molar-refractivity contribution is 0.102. The summed E-state index contributed by atoms with van der Waals surface area (Å²) in [5, 5.41) is 17.9. The van der Waals surface area contributed by atoms with Crippen LogP contribution in [0.3, 0.4) is 0 Å². The number of carbonyl (C=O) groups is 1. The topological polar surface area (TPSA) is 110 Å². The molecule has 26 heavy (non-hydrogen) atoms. The van der Waals surface area contributed by atoms with E-state index in [2.05, 4.69) is 25.7 Å². The van der Waals surface area contributed by atoms with E-state index in [1.807, 2.05) is 6.07 Å². The van der Waals surface area contributed by atoms with E-state index in [9.17, 15) is 9.59 Å². The predicted octanol–water partition coefficient (Wildman–Crippen LogP) is 1.47. The number of hydrogen-bond acceptors (Lipinski definition) is 5. The summed E-state index contributed by atoms with van der Waals surface area (Å²) in [6, 6.07) is 12.1. The molecular weight excluding hydrogens is 334 g/mol. The number of carbonyl (C=O) groups excluding carboxylic acids is 1. The van der Waals surface area contributed by atoms with Gasteiger partial charge in [-0.1, -0.05) is 18.2 Å². The van der Waals surface area contributed by atoms with Crippen LogP contribution >= 0.6 is 0 Å². The lowest BCUT2D eigenvalue weighted by Gasteiger charge is -2.02. The number of nitrogens with one attached hydrogen (secondary N) is 2. The van der Waals surface area contributed by atoms with Crippen LogP contribution in [-0.2, 0) is 0 Å². The van der Waals surface area contributed by atoms with E-state index in [0.717, 1.165) is 0 Å². The molecule has 130 valence electrons. The van der Waals surface area contributed by atoms with E-state index in [-0.39, 0.29) is 11.6 Å². The normalized spacial score (nSPS) is 11.0. The molecule has 0 saturated carbocycles. The third-order valence-electron chi connectivity index (χ3n) is 3.98. The number of nitrogens with zero attached hydrogens (tertiary/aromatic N) is 5. The van der Waals surface area contributed by atoms with Crippen molar-refractivity contribution in [2.24, 2.45) is 0 Å². The number of H-pyrrole nitrogens is 1. The van der Waals surface area contributed by atoms with Gasteiger partial charge in [0.15, 0.2) is 17.3 Å². The Bertz CT molecular complexity index is 1170. The molecule has 1 aromatic carbocycles. The molecule has 0 unspecified atom stereocenters. The molecule has 3 aromatic heterocycles. The van der Waals surface area contributed by atoms with Gasteiger partial charge in [-0.25, -0.2) is 0 Å². The SMILES string of the molecule is Cc1[nH]n(-c2ccc3nnc(C)n3n2)c(=O)c1NC(=O)c1ccccc1. The Labute approximate surface area is 147 Å². The Morgan fingerprint density at radius 3 is 2.62 bits per heavy atom. The molecule has 2 N–H and O–H groups in total. The molecule has 0 aliphatic heterocycles. The summed E-state index contributed by atoms with van der Waals surface area (Å²) in [4.78, 5) is 25.1. The van der Waals surface area contributed by atoms with Crippen molar-refractivity contribution >= 4 is 17.2 Å². The van der Waals surface area contributed by atoms with Gasteiger partial charge in [-0.15, -0.1) is 15.3 Å². The monoisotopic (exact) mass is 349 g/mol. The second-order valence-corrected chi connectivity index (χ2v) is 5.78. The number of rotatable bonds is 3. The first-order valence-corrected chi connectivity index (χ1v) is 7.92. The minimum Gasteiger partial charge on any atom is -0.316 e. The van der Waals surface area contributed by atoms with Crippen molar-refractivity contribution in [3.8, 4) is 5.82 Å². The Balaban J connectivity index is 1.73. The number of fused-ring (bicyclic) bond motifs is 1. The zero-order chi connectivity index (χ0) is 18.3. The highest BCUT2D eigenvalue weighted by molar-refractivity contribution is 6.04. The van der Waals surface area contributed by atoms with E-state index in [1.54, 1.807) is 54.8 Å². The molecule has 0 atom stereocenters. The van der Waals surface area contributed by atoms with Gasteiger partial charge in [-0.2, -0.15) is 9.20 Å². The van der Waals surface area contributed by atoms with Gasteiger partial charge in [-0.3, -0.25) is 14.7 Å². The average molecular weight is 349 g/mol. The Morgan fingerprint density at radius 1 is 1.08 bits per heavy atom. The zero-order valence-corrected chi connectivity index (χ0v) is 14.1. The summed E-state index contributed by atoms with van der Waals surface area (Å²) >= 11 is 0. The number of hydrogen-bond donors (Lipinski definition) is 2. The van der Waals surface area contributed by atoms with Gasteiger partial charge in [0.25, 0.3) is 11.5 Å². The molecule has 1 amide bonds. The van der Waals surface area contributed by atoms with Gasteiger partial charge in [0.1, 0.15) is 5.69 Å². The van der Waals surface area contributed by atoms with Gasteiger partial charge in [-0.05, 0) is 38.1 Å². The number of benzene rings is 1. The van der Waals surface area contributed by atoms with Crippen molar-refractivity contribution in [1.82, 2.24) is 29.6 Å². The maximum absolute atomic E-state index is 12.8. The van der Waals surface area contributed by atoms with Crippen molar-refractivity contribution in [3.63, 3.8) is 0 Å². The van der Waals surface area contributed by atoms with E-state index < -0.39 is 5.56 Å². The molecule has 0 radical (unpaired) electrons. The summed E-state index contributed by atoms with van der Waals surface area (Å²) in [5.41, 5.74) is 1.37. The number of amides is 1. The van der Waals surface area contributed by atoms with Crippen molar-refractivity contribution in [3.05, 3.63) is 69.9 Å². The maximum Gasteiger partial charge on any atom is 0.296 e. The van der Waals surface area contributed by atoms with Crippen molar-refractivity contribution in [2.75, 3.05) is 5.32 Å². The molecule has 0 fully saturated rings. The predicted molar refractivity (Wildman–Crippen MR) is 94.6 cm³/mol. The minimum absolute atomic E-state index is 0.182. The Morgan fingerprint density at radius 2 is 1.85 bits per heavy atom. The fourth-order valence-electron chi connectivity index (χ4n) is 2.64. The zero-order valence-electron chi connectivity index (χ0n) is 14.1. The summed E-state index contributed by atoms with van der Waals surface area (Å²) < 4.78 is 2.81. The first kappa shape index (κ1) is 15.8. The van der Waals surface area contributed by atoms with Gasteiger partial charge < -0.3 is 5.32 Å². The molecule has 9 heteroatoms. The molecule has 4 aromatic rings. The highest BCUT2D eigenvalue weighted by atomic mass is 16.2. The standard InChI is InChI=1S/C17H15N7O2/c1-10-15(18-16(25)12-6-4-3-5-7-12)17(26)24(21-10)14-9-8-13-20-19-11(2)23(13)22-14/h3-9,21H,1-2H3,(H,18,25). The summed E-state index contributed by atoms with van der Waals surface area (Å²) in [5.74, 6) is 0.625. The smallest absolute Gasteiger partial charge is 0.296 e. The third kappa shape index (κ3) is 2.55. The molecule has 0 aliphatic carbocycles. The lowest BCUT2D eigenvalue weighted by Crippen LogP contribution is -2.22. The van der Waals surface area contributed by atoms with E-state index in [0.29, 0.717) is 28.5 Å². The summed E-state index contributed by atoms with van der Waals surface area (Å²) in [7, 11) is 0. The first-order chi connectivity index (χ1) is 12.5. The molecular formula is C17H15N7O2. The summed E-state index contributed by atoms with van der Waals surface area (Å²) in [6.45, 7) is 3.48. The second-order valence-electron chi connectivity index (χ2n) is 5.78. The highest BCUT2D eigenvalue weighted by Crippen LogP contribution is 2.12. The first-order valence-electron chi connectivity index (χ1n) is 7.92. The highest BCUT2D eigenvalue weighted by Gasteiger charge is 2.17. The molecule has 0 bridgehead atoms. The molecule has 3 heterocycles. The maximum atomic E-state index is 12.8. The van der Waals surface area contributed by atoms with Crippen LogP contribution in [0.4, 0.5) is 5.69 Å². The minimum atomic E-state index is -0.399. The van der Waals surface area contributed by atoms with Crippen LogP contribution in [0.15, 0.2) is 47.3 Å². The van der Waals surface area contributed by atoms with Crippen molar-refractivity contribution in [1.29, 1.82) is 0 Å². The van der Waals surface area contributed by atoms with Crippen LogP contribution in [0.25, 0.3) is 11.5 Å². The largest absolute Gasteiger partial charge is 0.316 e. The van der Waals surface area contributed by atoms with Crippen LogP contribution in [0.1, 0.15) is 21.9 Å². The van der Waals surface area contributed by atoms with Crippen LogP contribution in [-0.4, -0.2) is 35.5 Å². The van der Waals surface area contributed by atoms with E-state index >= 15 is 0 Å². The number of aryl methyl sites for hydroxylation is 2. The summed E-state index contributed by atoms with van der Waals surface area (Å²) in [6.07, 6.45) is 0. The van der Waals surface area contributed by atoms with Crippen molar-refractivity contribution in [2.45, 2.75) is 13.8 Å². The molecule has 4 rings (SSSR count). The van der Waals surface area contributed by atoms with Crippen LogP contribution in [0.2, 0.25) is 0 Å². The fourth-order valence-corrected chi connectivity index (χ4v) is 2.64. The van der Waals surface area contributed by atoms with Crippen LogP contribution in [0, 0.1) is 13.8 Å². The van der Waals surface area contributed by atoms with Gasteiger partial charge in [0.05, 0.1) is 5.69 Å². The molecule has 0 saturated heterocycles. The van der Waals surface area contributed by atoms with Gasteiger partial charge in [0, 0.05) is 5.56 Å². The molecule has 0 aliphatic rings. The van der Waals surface area contributed by atoms with Crippen LogP contribution in [0.5, 0.6) is 0 Å². The number of anilines is 1. The Hall–Kier alpha value is -3.75. The number of aromatic amines is 1. The third-order valence-corrected chi connectivity index (χ3v) is 3.98. The quantitative estimate of drug-likeness (QED) is 0.582. The van der Waals surface area contributed by atoms with E-state index in [1.165, 1.54) is 4.68 Å². The average Bonchev–Trinajstić information content (AvgIpc) is 3.16. The van der Waals surface area contributed by atoms with Crippen molar-refractivity contribution < 1.29 is 4.79 Å². The fraction of sp³-hybridized carbons (Fsp3) is 0.118. The number of aromatic nitrogens is 6. The molecule has 0 spiro atoms. The van der Waals surface area contributed by atoms with Gasteiger partial charge >= 0.3 is 0 Å². The molecule has 9 nitrogen and oxygen atoms in total. The lowest BCUT2D eigenvalue weighted by atomic mass is 10.2.